The maximum Gasteiger partial charge on any atom is 0.255 e. The molecule has 5 heteroatoms. The average molecular weight is 333 g/mol. The van der Waals surface area contributed by atoms with E-state index in [0.717, 1.165) is 22.5 Å². The number of ether oxygens (including phenoxy) is 1. The second-order valence-electron chi connectivity index (χ2n) is 5.59. The van der Waals surface area contributed by atoms with E-state index >= 15 is 0 Å². The average Bonchev–Trinajstić information content (AvgIpc) is 2.63. The molecule has 0 radical (unpaired) electrons. The van der Waals surface area contributed by atoms with Crippen LogP contribution >= 0.6 is 0 Å². The lowest BCUT2D eigenvalue weighted by molar-refractivity contribution is 0.102. The van der Waals surface area contributed by atoms with Gasteiger partial charge in [0.1, 0.15) is 0 Å². The molecule has 0 aliphatic carbocycles. The van der Waals surface area contributed by atoms with Crippen molar-refractivity contribution in [2.45, 2.75) is 13.8 Å². The third kappa shape index (κ3) is 4.20. The minimum absolute atomic E-state index is 0.127. The maximum absolute atomic E-state index is 12.3. The van der Waals surface area contributed by atoms with Crippen LogP contribution in [0.2, 0.25) is 0 Å². The van der Waals surface area contributed by atoms with Gasteiger partial charge in [0.15, 0.2) is 0 Å². The van der Waals surface area contributed by atoms with Crippen LogP contribution < -0.4 is 10.1 Å². The molecule has 0 aliphatic rings. The van der Waals surface area contributed by atoms with E-state index in [0.29, 0.717) is 18.1 Å². The van der Waals surface area contributed by atoms with Crippen LogP contribution in [0.3, 0.4) is 0 Å². The highest BCUT2D eigenvalue weighted by Crippen LogP contribution is 2.20. The van der Waals surface area contributed by atoms with Crippen LogP contribution in [0, 0.1) is 6.92 Å². The fourth-order valence-electron chi connectivity index (χ4n) is 2.41. The Bertz CT molecular complexity index is 859. The summed E-state index contributed by atoms with van der Waals surface area (Å²) in [5.41, 5.74) is 4.09. The number of anilines is 1. The summed E-state index contributed by atoms with van der Waals surface area (Å²) < 4.78 is 5.29. The van der Waals surface area contributed by atoms with E-state index in [-0.39, 0.29) is 5.91 Å². The molecule has 1 N–H and O–H groups in total. The van der Waals surface area contributed by atoms with Crippen molar-refractivity contribution >= 4 is 11.6 Å². The largest absolute Gasteiger partial charge is 0.477 e. The highest BCUT2D eigenvalue weighted by Gasteiger charge is 2.07. The van der Waals surface area contributed by atoms with Crippen molar-refractivity contribution in [3.63, 3.8) is 0 Å². The molecular weight excluding hydrogens is 314 g/mol. The van der Waals surface area contributed by atoms with Crippen molar-refractivity contribution in [3.05, 3.63) is 71.8 Å². The standard InChI is InChI=1S/C20H19N3O2/c1-3-25-19-12-11-18(22-23-19)15-7-9-17(10-8-15)21-20(24)16-6-4-5-14(2)13-16/h4-13H,3H2,1-2H3,(H,21,24). The fourth-order valence-corrected chi connectivity index (χ4v) is 2.41. The summed E-state index contributed by atoms with van der Waals surface area (Å²) >= 11 is 0. The molecular formula is C20H19N3O2. The minimum atomic E-state index is -0.127. The van der Waals surface area contributed by atoms with E-state index in [9.17, 15) is 4.79 Å². The monoisotopic (exact) mass is 333 g/mol. The van der Waals surface area contributed by atoms with Gasteiger partial charge in [-0.3, -0.25) is 4.79 Å². The van der Waals surface area contributed by atoms with Gasteiger partial charge < -0.3 is 10.1 Å². The molecule has 25 heavy (non-hydrogen) atoms. The van der Waals surface area contributed by atoms with Crippen molar-refractivity contribution in [2.75, 3.05) is 11.9 Å². The SMILES string of the molecule is CCOc1ccc(-c2ccc(NC(=O)c3cccc(C)c3)cc2)nn1. The van der Waals surface area contributed by atoms with Crippen LogP contribution in [0.15, 0.2) is 60.7 Å². The van der Waals surface area contributed by atoms with Crippen LogP contribution in [-0.4, -0.2) is 22.7 Å². The number of carbonyl (C=O) groups excluding carboxylic acids is 1. The predicted octanol–water partition coefficient (Wildman–Crippen LogP) is 4.10. The molecule has 0 aliphatic heterocycles. The van der Waals surface area contributed by atoms with E-state index in [1.54, 1.807) is 12.1 Å². The molecule has 1 aromatic heterocycles. The number of carbonyl (C=O) groups is 1. The normalized spacial score (nSPS) is 10.3. The molecule has 0 fully saturated rings. The summed E-state index contributed by atoms with van der Waals surface area (Å²) in [7, 11) is 0. The second kappa shape index (κ2) is 7.57. The molecule has 0 unspecified atom stereocenters. The summed E-state index contributed by atoms with van der Waals surface area (Å²) in [5, 5.41) is 11.1. The molecule has 0 atom stereocenters. The van der Waals surface area contributed by atoms with Crippen molar-refractivity contribution < 1.29 is 9.53 Å². The van der Waals surface area contributed by atoms with Crippen molar-refractivity contribution in [2.24, 2.45) is 0 Å². The molecule has 3 rings (SSSR count). The van der Waals surface area contributed by atoms with Crippen LogP contribution in [-0.2, 0) is 0 Å². The maximum atomic E-state index is 12.3. The van der Waals surface area contributed by atoms with Crippen LogP contribution in [0.1, 0.15) is 22.8 Å². The summed E-state index contributed by atoms with van der Waals surface area (Å²) in [6.45, 7) is 4.42. The van der Waals surface area contributed by atoms with Gasteiger partial charge in [0, 0.05) is 22.9 Å². The first-order valence-corrected chi connectivity index (χ1v) is 8.10. The topological polar surface area (TPSA) is 64.1 Å². The number of aromatic nitrogens is 2. The highest BCUT2D eigenvalue weighted by atomic mass is 16.5. The molecule has 0 saturated carbocycles. The Labute approximate surface area is 146 Å². The van der Waals surface area contributed by atoms with Crippen LogP contribution in [0.4, 0.5) is 5.69 Å². The summed E-state index contributed by atoms with van der Waals surface area (Å²) in [6.07, 6.45) is 0. The molecule has 1 amide bonds. The van der Waals surface area contributed by atoms with Crippen molar-refractivity contribution in [1.29, 1.82) is 0 Å². The molecule has 2 aromatic carbocycles. The third-order valence-corrected chi connectivity index (χ3v) is 3.65. The van der Waals surface area contributed by atoms with E-state index in [1.807, 2.05) is 62.4 Å². The summed E-state index contributed by atoms with van der Waals surface area (Å²) in [5.74, 6) is 0.380. The molecule has 0 bridgehead atoms. The Kier molecular flexibility index (Phi) is 5.04. The van der Waals surface area contributed by atoms with Gasteiger partial charge >= 0.3 is 0 Å². The van der Waals surface area contributed by atoms with E-state index in [1.165, 1.54) is 0 Å². The van der Waals surface area contributed by atoms with E-state index in [2.05, 4.69) is 15.5 Å². The number of amides is 1. The number of benzene rings is 2. The van der Waals surface area contributed by atoms with Crippen LogP contribution in [0.25, 0.3) is 11.3 Å². The number of hydrogen-bond acceptors (Lipinski definition) is 4. The quantitative estimate of drug-likeness (QED) is 0.763. The summed E-state index contributed by atoms with van der Waals surface area (Å²) in [6, 6.07) is 18.6. The zero-order valence-corrected chi connectivity index (χ0v) is 14.2. The zero-order valence-electron chi connectivity index (χ0n) is 14.2. The first kappa shape index (κ1) is 16.6. The molecule has 5 nitrogen and oxygen atoms in total. The molecule has 1 heterocycles. The zero-order chi connectivity index (χ0) is 17.6. The van der Waals surface area contributed by atoms with Gasteiger partial charge in [0.25, 0.3) is 5.91 Å². The lowest BCUT2D eigenvalue weighted by Gasteiger charge is -2.07. The molecule has 126 valence electrons. The number of nitrogens with one attached hydrogen (secondary N) is 1. The first-order chi connectivity index (χ1) is 12.2. The van der Waals surface area contributed by atoms with Gasteiger partial charge in [-0.15, -0.1) is 10.2 Å². The Hall–Kier alpha value is -3.21. The van der Waals surface area contributed by atoms with Gasteiger partial charge in [-0.05, 0) is 44.2 Å². The lowest BCUT2D eigenvalue weighted by atomic mass is 10.1. The minimum Gasteiger partial charge on any atom is -0.477 e. The van der Waals surface area contributed by atoms with E-state index < -0.39 is 0 Å². The van der Waals surface area contributed by atoms with Gasteiger partial charge in [0.2, 0.25) is 5.88 Å². The highest BCUT2D eigenvalue weighted by molar-refractivity contribution is 6.04. The Morgan fingerprint density at radius 3 is 2.48 bits per heavy atom. The number of hydrogen-bond donors (Lipinski definition) is 1. The lowest BCUT2D eigenvalue weighted by Crippen LogP contribution is -2.11. The first-order valence-electron chi connectivity index (χ1n) is 8.10. The van der Waals surface area contributed by atoms with Gasteiger partial charge in [0.05, 0.1) is 12.3 Å². The third-order valence-electron chi connectivity index (χ3n) is 3.65. The fraction of sp³-hybridized carbons (Fsp3) is 0.150. The van der Waals surface area contributed by atoms with Gasteiger partial charge in [-0.25, -0.2) is 0 Å². The van der Waals surface area contributed by atoms with Gasteiger partial charge in [-0.1, -0.05) is 29.8 Å². The van der Waals surface area contributed by atoms with Gasteiger partial charge in [-0.2, -0.15) is 0 Å². The Morgan fingerprint density at radius 2 is 1.84 bits per heavy atom. The number of nitrogens with zero attached hydrogens (tertiary/aromatic N) is 2. The second-order valence-corrected chi connectivity index (χ2v) is 5.59. The molecule has 0 saturated heterocycles. The Balaban J connectivity index is 1.70. The van der Waals surface area contributed by atoms with E-state index in [4.69, 9.17) is 4.74 Å². The van der Waals surface area contributed by atoms with Crippen LogP contribution in [0.5, 0.6) is 5.88 Å². The van der Waals surface area contributed by atoms with Crippen molar-refractivity contribution in [1.82, 2.24) is 10.2 Å². The summed E-state index contributed by atoms with van der Waals surface area (Å²) in [4.78, 5) is 12.3. The molecule has 3 aromatic rings. The number of aryl methyl sites for hydroxylation is 1. The predicted molar refractivity (Wildman–Crippen MR) is 97.8 cm³/mol. The number of rotatable bonds is 5. The smallest absolute Gasteiger partial charge is 0.255 e. The molecule has 0 spiro atoms. The Morgan fingerprint density at radius 1 is 1.04 bits per heavy atom. The van der Waals surface area contributed by atoms with Crippen molar-refractivity contribution in [3.8, 4) is 17.1 Å².